The van der Waals surface area contributed by atoms with Gasteiger partial charge in [0.15, 0.2) is 0 Å². The van der Waals surface area contributed by atoms with Crippen molar-refractivity contribution >= 4 is 5.57 Å². The summed E-state index contributed by atoms with van der Waals surface area (Å²) in [6.45, 7) is 5.52. The maximum Gasteiger partial charge on any atom is 0.126 e. The van der Waals surface area contributed by atoms with Gasteiger partial charge in [0.2, 0.25) is 0 Å². The lowest BCUT2D eigenvalue weighted by atomic mass is 10.2. The Morgan fingerprint density at radius 3 is 2.50 bits per heavy atom. The minimum Gasteiger partial charge on any atom is -0.207 e. The van der Waals surface area contributed by atoms with Gasteiger partial charge in [0, 0.05) is 0 Å². The molecule has 0 aliphatic heterocycles. The first-order chi connectivity index (χ1) is 4.70. The number of fused-ring (bicyclic) bond motifs is 1. The third-order valence-electron chi connectivity index (χ3n) is 1.89. The van der Waals surface area contributed by atoms with Crippen LogP contribution in [0, 0.1) is 12.7 Å². The number of rotatable bonds is 0. The molecule has 0 amide bonds. The van der Waals surface area contributed by atoms with Gasteiger partial charge >= 0.3 is 0 Å². The van der Waals surface area contributed by atoms with E-state index in [4.69, 9.17) is 0 Å². The first-order valence-electron chi connectivity index (χ1n) is 3.20. The summed E-state index contributed by atoms with van der Waals surface area (Å²) < 4.78 is 12.7. The van der Waals surface area contributed by atoms with E-state index in [2.05, 4.69) is 6.58 Å². The largest absolute Gasteiger partial charge is 0.207 e. The topological polar surface area (TPSA) is 0 Å². The van der Waals surface area contributed by atoms with Gasteiger partial charge in [0.25, 0.3) is 0 Å². The van der Waals surface area contributed by atoms with E-state index in [-0.39, 0.29) is 5.82 Å². The monoisotopic (exact) mass is 134 g/mol. The quantitative estimate of drug-likeness (QED) is 0.519. The average Bonchev–Trinajstić information content (AvgIpc) is 2.46. The zero-order chi connectivity index (χ0) is 7.30. The lowest BCUT2D eigenvalue weighted by Gasteiger charge is -1.88. The van der Waals surface area contributed by atoms with E-state index in [9.17, 15) is 4.39 Å². The van der Waals surface area contributed by atoms with Crippen LogP contribution in [-0.2, 0) is 0 Å². The summed E-state index contributed by atoms with van der Waals surface area (Å²) in [7, 11) is 0. The second kappa shape index (κ2) is 1.48. The molecule has 0 saturated carbocycles. The zero-order valence-electron chi connectivity index (χ0n) is 5.74. The summed E-state index contributed by atoms with van der Waals surface area (Å²) >= 11 is 0. The first kappa shape index (κ1) is 5.66. The smallest absolute Gasteiger partial charge is 0.126 e. The van der Waals surface area contributed by atoms with E-state index in [0.29, 0.717) is 5.56 Å². The lowest BCUT2D eigenvalue weighted by Crippen LogP contribution is -1.76. The van der Waals surface area contributed by atoms with Crippen molar-refractivity contribution in [2.75, 3.05) is 0 Å². The van der Waals surface area contributed by atoms with Crippen LogP contribution >= 0.6 is 0 Å². The molecule has 1 aliphatic carbocycles. The summed E-state index contributed by atoms with van der Waals surface area (Å²) in [5.74, 6) is -0.127. The highest BCUT2D eigenvalue weighted by molar-refractivity contribution is 5.99. The van der Waals surface area contributed by atoms with E-state index >= 15 is 0 Å². The zero-order valence-corrected chi connectivity index (χ0v) is 5.74. The van der Waals surface area contributed by atoms with Crippen molar-refractivity contribution < 1.29 is 4.39 Å². The predicted molar refractivity (Wildman–Crippen MR) is 39.3 cm³/mol. The van der Waals surface area contributed by atoms with E-state index < -0.39 is 0 Å². The molecule has 0 fully saturated rings. The molecule has 50 valence electrons. The molecule has 0 radical (unpaired) electrons. The van der Waals surface area contributed by atoms with Gasteiger partial charge in [-0.25, -0.2) is 4.39 Å². The molecule has 2 rings (SSSR count). The molecule has 1 heteroatoms. The van der Waals surface area contributed by atoms with Gasteiger partial charge in [0.05, 0.1) is 0 Å². The van der Waals surface area contributed by atoms with E-state index in [0.717, 1.165) is 16.7 Å². The molecule has 0 aromatic heterocycles. The Bertz CT molecular complexity index is 293. The van der Waals surface area contributed by atoms with Gasteiger partial charge in [0.1, 0.15) is 5.82 Å². The van der Waals surface area contributed by atoms with E-state index in [1.54, 1.807) is 13.0 Å². The minimum atomic E-state index is -0.127. The van der Waals surface area contributed by atoms with Crippen molar-refractivity contribution in [2.24, 2.45) is 0 Å². The Hall–Kier alpha value is -1.11. The minimum absolute atomic E-state index is 0.127. The Morgan fingerprint density at radius 1 is 1.30 bits per heavy atom. The third kappa shape index (κ3) is 0.548. The maximum absolute atomic E-state index is 12.7. The predicted octanol–water partition coefficient (Wildman–Crippen LogP) is 2.51. The normalized spacial score (nSPS) is 13.2. The highest BCUT2D eigenvalue weighted by Gasteiger charge is 2.23. The van der Waals surface area contributed by atoms with Crippen LogP contribution in [0.5, 0.6) is 0 Å². The van der Waals surface area contributed by atoms with Crippen molar-refractivity contribution in [3.8, 4) is 0 Å². The molecule has 0 heterocycles. The average molecular weight is 134 g/mol. The van der Waals surface area contributed by atoms with Crippen molar-refractivity contribution in [1.29, 1.82) is 0 Å². The summed E-state index contributed by atoms with van der Waals surface area (Å²) in [6.07, 6.45) is 0. The molecule has 1 aromatic carbocycles. The molecule has 10 heavy (non-hydrogen) atoms. The molecule has 0 N–H and O–H groups in total. The van der Waals surface area contributed by atoms with Crippen LogP contribution in [0.25, 0.3) is 5.57 Å². The van der Waals surface area contributed by atoms with Crippen LogP contribution in [-0.4, -0.2) is 0 Å². The van der Waals surface area contributed by atoms with Crippen molar-refractivity contribution in [3.63, 3.8) is 0 Å². The number of hydrogen-bond donors (Lipinski definition) is 0. The van der Waals surface area contributed by atoms with Crippen LogP contribution < -0.4 is 0 Å². The number of aryl methyl sites for hydroxylation is 1. The molecule has 0 bridgehead atoms. The molecule has 1 aromatic rings. The van der Waals surface area contributed by atoms with Gasteiger partial charge in [-0.1, -0.05) is 6.58 Å². The summed E-state index contributed by atoms with van der Waals surface area (Å²) in [5.41, 5.74) is 3.81. The fraction of sp³-hybridized carbons (Fsp3) is 0.111. The Labute approximate surface area is 59.0 Å². The SMILES string of the molecule is C=C1c2cc(C)c(F)cc21. The molecular weight excluding hydrogens is 127 g/mol. The van der Waals surface area contributed by atoms with Crippen molar-refractivity contribution in [1.82, 2.24) is 0 Å². The van der Waals surface area contributed by atoms with Gasteiger partial charge < -0.3 is 0 Å². The molecule has 0 nitrogen and oxygen atoms in total. The highest BCUT2D eigenvalue weighted by atomic mass is 19.1. The number of hydrogen-bond acceptors (Lipinski definition) is 0. The lowest BCUT2D eigenvalue weighted by molar-refractivity contribution is 0.619. The highest BCUT2D eigenvalue weighted by Crippen LogP contribution is 2.41. The molecular formula is C9H7F. The van der Waals surface area contributed by atoms with Gasteiger partial charge in [-0.2, -0.15) is 0 Å². The summed E-state index contributed by atoms with van der Waals surface area (Å²) in [6, 6.07) is 3.39. The summed E-state index contributed by atoms with van der Waals surface area (Å²) in [4.78, 5) is 0. The second-order valence-corrected chi connectivity index (χ2v) is 2.63. The second-order valence-electron chi connectivity index (χ2n) is 2.63. The van der Waals surface area contributed by atoms with Gasteiger partial charge in [-0.05, 0) is 41.3 Å². The van der Waals surface area contributed by atoms with Gasteiger partial charge in [-0.15, -0.1) is 0 Å². The van der Waals surface area contributed by atoms with Crippen LogP contribution in [0.3, 0.4) is 0 Å². The fourth-order valence-corrected chi connectivity index (χ4v) is 1.12. The van der Waals surface area contributed by atoms with Crippen molar-refractivity contribution in [2.45, 2.75) is 6.92 Å². The molecule has 0 unspecified atom stereocenters. The van der Waals surface area contributed by atoms with Crippen LogP contribution in [0.2, 0.25) is 0 Å². The maximum atomic E-state index is 12.7. The molecule has 0 saturated heterocycles. The number of benzene rings is 1. The van der Waals surface area contributed by atoms with E-state index in [1.165, 1.54) is 0 Å². The Balaban J connectivity index is 2.68. The van der Waals surface area contributed by atoms with Crippen LogP contribution in [0.1, 0.15) is 16.7 Å². The Morgan fingerprint density at radius 2 is 1.90 bits per heavy atom. The fourth-order valence-electron chi connectivity index (χ4n) is 1.12. The first-order valence-corrected chi connectivity index (χ1v) is 3.20. The van der Waals surface area contributed by atoms with E-state index in [1.807, 2.05) is 6.07 Å². The van der Waals surface area contributed by atoms with Crippen molar-refractivity contribution in [3.05, 3.63) is 41.2 Å². The molecule has 0 atom stereocenters. The molecule has 1 aliphatic rings. The van der Waals surface area contributed by atoms with Crippen LogP contribution in [0.15, 0.2) is 18.7 Å². The number of halogens is 1. The Kier molecular flexibility index (Phi) is 0.839. The van der Waals surface area contributed by atoms with Crippen LogP contribution in [0.4, 0.5) is 4.39 Å². The third-order valence-corrected chi connectivity index (χ3v) is 1.89. The van der Waals surface area contributed by atoms with Gasteiger partial charge in [-0.3, -0.25) is 0 Å². The molecule has 0 spiro atoms. The standard InChI is InChI=1S/C9H7F/c1-5-3-7-6(2)8(7)4-9(5)10/h3-4H,2H2,1H3. The summed E-state index contributed by atoms with van der Waals surface area (Å²) in [5, 5.41) is 0.